The number of rotatable bonds is 6. The maximum absolute atomic E-state index is 12.6. The van der Waals surface area contributed by atoms with Crippen LogP contribution >= 0.6 is 0 Å². The van der Waals surface area contributed by atoms with Crippen molar-refractivity contribution < 1.29 is 14.3 Å². The number of hydrogen-bond donors (Lipinski definition) is 0. The minimum absolute atomic E-state index is 0.226. The zero-order valence-electron chi connectivity index (χ0n) is 14.8. The van der Waals surface area contributed by atoms with Gasteiger partial charge in [-0.1, -0.05) is 32.3 Å². The molecule has 1 aromatic rings. The standard InChI is InChI=1S/C19H28N2O3/c1-3-21(12-15-9-10-17-18(11-15)24-14-23-17)13-19(22)20(2)16-7-5-4-6-8-16/h9-11,16H,3-8,12-14H2,1-2H3. The monoisotopic (exact) mass is 332 g/mol. The van der Waals surface area contributed by atoms with E-state index in [0.29, 0.717) is 19.4 Å². The van der Waals surface area contributed by atoms with Crippen molar-refractivity contribution in [3.63, 3.8) is 0 Å². The number of likely N-dealkylation sites (N-methyl/N-ethyl adjacent to an activating group) is 2. The maximum Gasteiger partial charge on any atom is 0.236 e. The second-order valence-corrected chi connectivity index (χ2v) is 6.79. The molecule has 5 nitrogen and oxygen atoms in total. The van der Waals surface area contributed by atoms with Gasteiger partial charge in [0.25, 0.3) is 0 Å². The van der Waals surface area contributed by atoms with Gasteiger partial charge in [0.15, 0.2) is 11.5 Å². The molecule has 5 heteroatoms. The van der Waals surface area contributed by atoms with Crippen LogP contribution in [-0.4, -0.2) is 48.7 Å². The van der Waals surface area contributed by atoms with Gasteiger partial charge in [-0.3, -0.25) is 9.69 Å². The summed E-state index contributed by atoms with van der Waals surface area (Å²) in [4.78, 5) is 16.8. The lowest BCUT2D eigenvalue weighted by molar-refractivity contribution is -0.133. The highest BCUT2D eigenvalue weighted by Gasteiger charge is 2.23. The largest absolute Gasteiger partial charge is 0.454 e. The van der Waals surface area contributed by atoms with Crippen molar-refractivity contribution in [2.24, 2.45) is 0 Å². The predicted molar refractivity (Wildman–Crippen MR) is 93.2 cm³/mol. The summed E-state index contributed by atoms with van der Waals surface area (Å²) in [6.07, 6.45) is 6.10. The quantitative estimate of drug-likeness (QED) is 0.803. The van der Waals surface area contributed by atoms with Gasteiger partial charge in [-0.15, -0.1) is 0 Å². The Balaban J connectivity index is 1.56. The molecule has 0 spiro atoms. The summed E-state index contributed by atoms with van der Waals surface area (Å²) < 4.78 is 10.8. The summed E-state index contributed by atoms with van der Waals surface area (Å²) in [5.74, 6) is 1.83. The zero-order chi connectivity index (χ0) is 16.9. The number of amides is 1. The van der Waals surface area contributed by atoms with Crippen molar-refractivity contribution in [1.29, 1.82) is 0 Å². The first-order chi connectivity index (χ1) is 11.7. The van der Waals surface area contributed by atoms with E-state index in [1.165, 1.54) is 19.3 Å². The molecule has 132 valence electrons. The molecule has 1 heterocycles. The van der Waals surface area contributed by atoms with Crippen molar-refractivity contribution in [2.45, 2.75) is 51.6 Å². The van der Waals surface area contributed by atoms with Crippen LogP contribution in [0.1, 0.15) is 44.6 Å². The van der Waals surface area contributed by atoms with Crippen molar-refractivity contribution in [1.82, 2.24) is 9.80 Å². The average Bonchev–Trinajstić information content (AvgIpc) is 3.08. The molecule has 2 aliphatic rings. The summed E-state index contributed by atoms with van der Waals surface area (Å²) >= 11 is 0. The smallest absolute Gasteiger partial charge is 0.236 e. The summed E-state index contributed by atoms with van der Waals surface area (Å²) in [5.41, 5.74) is 1.15. The number of benzene rings is 1. The fraction of sp³-hybridized carbons (Fsp3) is 0.632. The Morgan fingerprint density at radius 2 is 1.92 bits per heavy atom. The van der Waals surface area contributed by atoms with Gasteiger partial charge < -0.3 is 14.4 Å². The summed E-state index contributed by atoms with van der Waals surface area (Å²) in [7, 11) is 1.97. The van der Waals surface area contributed by atoms with Gasteiger partial charge in [-0.05, 0) is 37.1 Å². The molecule has 3 rings (SSSR count). The molecule has 0 unspecified atom stereocenters. The molecule has 1 aliphatic carbocycles. The van der Waals surface area contributed by atoms with E-state index in [1.807, 2.05) is 30.1 Å². The van der Waals surface area contributed by atoms with Crippen LogP contribution in [0.25, 0.3) is 0 Å². The maximum atomic E-state index is 12.6. The third kappa shape index (κ3) is 4.01. The molecule has 1 aliphatic heterocycles. The minimum atomic E-state index is 0.226. The first kappa shape index (κ1) is 17.1. The van der Waals surface area contributed by atoms with Crippen LogP contribution in [0.15, 0.2) is 18.2 Å². The second kappa shape index (κ2) is 7.88. The van der Waals surface area contributed by atoms with Crippen LogP contribution in [0.5, 0.6) is 11.5 Å². The highest BCUT2D eigenvalue weighted by molar-refractivity contribution is 5.78. The van der Waals surface area contributed by atoms with Gasteiger partial charge in [-0.2, -0.15) is 0 Å². The van der Waals surface area contributed by atoms with Crippen molar-refractivity contribution in [3.05, 3.63) is 23.8 Å². The molecule has 0 saturated heterocycles. The van der Waals surface area contributed by atoms with Crippen LogP contribution < -0.4 is 9.47 Å². The van der Waals surface area contributed by atoms with Crippen molar-refractivity contribution in [3.8, 4) is 11.5 Å². The number of carbonyl (C=O) groups is 1. The summed E-state index contributed by atoms with van der Waals surface area (Å²) in [6.45, 7) is 4.45. The number of hydrogen-bond acceptors (Lipinski definition) is 4. The zero-order valence-corrected chi connectivity index (χ0v) is 14.8. The second-order valence-electron chi connectivity index (χ2n) is 6.79. The van der Waals surface area contributed by atoms with Crippen LogP contribution in [-0.2, 0) is 11.3 Å². The Kier molecular flexibility index (Phi) is 5.61. The van der Waals surface area contributed by atoms with E-state index in [0.717, 1.165) is 43.0 Å². The lowest BCUT2D eigenvalue weighted by Crippen LogP contribution is -2.44. The van der Waals surface area contributed by atoms with E-state index in [9.17, 15) is 4.79 Å². The van der Waals surface area contributed by atoms with Gasteiger partial charge in [0.1, 0.15) is 0 Å². The van der Waals surface area contributed by atoms with E-state index in [1.54, 1.807) is 0 Å². The normalized spacial score (nSPS) is 17.3. The first-order valence-electron chi connectivity index (χ1n) is 9.04. The van der Waals surface area contributed by atoms with Crippen molar-refractivity contribution in [2.75, 3.05) is 26.9 Å². The van der Waals surface area contributed by atoms with E-state index in [-0.39, 0.29) is 5.91 Å². The van der Waals surface area contributed by atoms with Crippen LogP contribution in [0, 0.1) is 0 Å². The Morgan fingerprint density at radius 1 is 1.17 bits per heavy atom. The average molecular weight is 332 g/mol. The third-order valence-corrected chi connectivity index (χ3v) is 5.17. The highest BCUT2D eigenvalue weighted by atomic mass is 16.7. The van der Waals surface area contributed by atoms with Crippen LogP contribution in [0.3, 0.4) is 0 Å². The Morgan fingerprint density at radius 3 is 2.67 bits per heavy atom. The molecule has 1 amide bonds. The third-order valence-electron chi connectivity index (χ3n) is 5.17. The molecule has 0 atom stereocenters. The van der Waals surface area contributed by atoms with E-state index < -0.39 is 0 Å². The molecular weight excluding hydrogens is 304 g/mol. The van der Waals surface area contributed by atoms with Crippen LogP contribution in [0.2, 0.25) is 0 Å². The van der Waals surface area contributed by atoms with E-state index >= 15 is 0 Å². The number of fused-ring (bicyclic) bond motifs is 1. The molecule has 0 N–H and O–H groups in total. The molecule has 1 fully saturated rings. The van der Waals surface area contributed by atoms with Gasteiger partial charge in [0.05, 0.1) is 6.54 Å². The fourth-order valence-corrected chi connectivity index (χ4v) is 3.55. The minimum Gasteiger partial charge on any atom is -0.454 e. The summed E-state index contributed by atoms with van der Waals surface area (Å²) in [5, 5.41) is 0. The number of nitrogens with zero attached hydrogens (tertiary/aromatic N) is 2. The van der Waals surface area contributed by atoms with Gasteiger partial charge in [0, 0.05) is 19.6 Å². The van der Waals surface area contributed by atoms with Gasteiger partial charge in [-0.25, -0.2) is 0 Å². The number of carbonyl (C=O) groups excluding carboxylic acids is 1. The van der Waals surface area contributed by atoms with E-state index in [2.05, 4.69) is 11.8 Å². The van der Waals surface area contributed by atoms with Crippen LogP contribution in [0.4, 0.5) is 0 Å². The molecule has 1 aromatic carbocycles. The summed E-state index contributed by atoms with van der Waals surface area (Å²) in [6, 6.07) is 6.43. The highest BCUT2D eigenvalue weighted by Crippen LogP contribution is 2.32. The van der Waals surface area contributed by atoms with Gasteiger partial charge >= 0.3 is 0 Å². The van der Waals surface area contributed by atoms with Crippen molar-refractivity contribution >= 4 is 5.91 Å². The number of ether oxygens (including phenoxy) is 2. The van der Waals surface area contributed by atoms with Gasteiger partial charge in [0.2, 0.25) is 12.7 Å². The lowest BCUT2D eigenvalue weighted by Gasteiger charge is -2.33. The molecule has 24 heavy (non-hydrogen) atoms. The lowest BCUT2D eigenvalue weighted by atomic mass is 9.94. The topological polar surface area (TPSA) is 42.0 Å². The molecule has 1 saturated carbocycles. The predicted octanol–water partition coefficient (Wildman–Crippen LogP) is 3.03. The molecule has 0 bridgehead atoms. The SMILES string of the molecule is CCN(CC(=O)N(C)C1CCCCC1)Cc1ccc2c(c1)OCO2. The Labute approximate surface area is 144 Å². The fourth-order valence-electron chi connectivity index (χ4n) is 3.55. The molecular formula is C19H28N2O3. The van der Waals surface area contributed by atoms with E-state index in [4.69, 9.17) is 9.47 Å². The molecule has 0 radical (unpaired) electrons. The Hall–Kier alpha value is -1.75. The first-order valence-corrected chi connectivity index (χ1v) is 9.04. The molecule has 0 aromatic heterocycles. The Bertz CT molecular complexity index is 570.